The van der Waals surface area contributed by atoms with E-state index in [1.807, 2.05) is 0 Å². The maximum atomic E-state index is 11.4. The van der Waals surface area contributed by atoms with E-state index < -0.39 is 27.8 Å². The van der Waals surface area contributed by atoms with Crippen molar-refractivity contribution in [1.29, 1.82) is 0 Å². The van der Waals surface area contributed by atoms with Crippen LogP contribution in [0.2, 0.25) is 0 Å². The number of hydrogen-bond acceptors (Lipinski definition) is 3. The Morgan fingerprint density at radius 1 is 1.40 bits per heavy atom. The Labute approximate surface area is 90.2 Å². The molecule has 3 N–H and O–H groups in total. The van der Waals surface area contributed by atoms with Crippen LogP contribution in [0, 0.1) is 0 Å². The summed E-state index contributed by atoms with van der Waals surface area (Å²) in [6, 6.07) is -1.09. The molecule has 90 valence electrons. The maximum absolute atomic E-state index is 11.4. The lowest BCUT2D eigenvalue weighted by atomic mass is 10.1. The molecule has 0 unspecified atom stereocenters. The summed E-state index contributed by atoms with van der Waals surface area (Å²) in [6.07, 6.45) is 0.195. The third-order valence-electron chi connectivity index (χ3n) is 1.44. The molecule has 7 heteroatoms. The van der Waals surface area contributed by atoms with Crippen molar-refractivity contribution in [3.05, 3.63) is 0 Å². The van der Waals surface area contributed by atoms with Crippen molar-refractivity contribution in [2.75, 3.05) is 0 Å². The van der Waals surface area contributed by atoms with Crippen LogP contribution in [0.4, 0.5) is 0 Å². The second kappa shape index (κ2) is 4.91. The summed E-state index contributed by atoms with van der Waals surface area (Å²) in [5.74, 6) is -1.18. The van der Waals surface area contributed by atoms with Crippen LogP contribution >= 0.6 is 0 Å². The van der Waals surface area contributed by atoms with Crippen molar-refractivity contribution in [2.24, 2.45) is 0 Å². The quantitative estimate of drug-likeness (QED) is 0.631. The van der Waals surface area contributed by atoms with Gasteiger partial charge in [-0.05, 0) is 27.2 Å². The van der Waals surface area contributed by atoms with Gasteiger partial charge in [-0.25, -0.2) is 0 Å². The van der Waals surface area contributed by atoms with Crippen LogP contribution < -0.4 is 9.44 Å². The van der Waals surface area contributed by atoms with Gasteiger partial charge in [-0.2, -0.15) is 17.9 Å². The predicted octanol–water partition coefficient (Wildman–Crippen LogP) is 0.0721. The molecule has 0 radical (unpaired) electrons. The molecule has 0 saturated carbocycles. The van der Waals surface area contributed by atoms with Crippen LogP contribution in [-0.4, -0.2) is 31.1 Å². The van der Waals surface area contributed by atoms with Gasteiger partial charge in [0.05, 0.1) is 0 Å². The minimum absolute atomic E-state index is 0.195. The van der Waals surface area contributed by atoms with Crippen LogP contribution in [0.3, 0.4) is 0 Å². The van der Waals surface area contributed by atoms with Gasteiger partial charge >= 0.3 is 5.97 Å². The Bertz CT molecular complexity index is 318. The van der Waals surface area contributed by atoms with Crippen molar-refractivity contribution < 1.29 is 18.3 Å². The van der Waals surface area contributed by atoms with E-state index in [4.69, 9.17) is 5.11 Å². The second-order valence-electron chi connectivity index (χ2n) is 4.27. The van der Waals surface area contributed by atoms with E-state index in [9.17, 15) is 13.2 Å². The Morgan fingerprint density at radius 2 is 1.87 bits per heavy atom. The van der Waals surface area contributed by atoms with Crippen molar-refractivity contribution in [3.63, 3.8) is 0 Å². The van der Waals surface area contributed by atoms with Crippen molar-refractivity contribution >= 4 is 16.2 Å². The average molecular weight is 238 g/mol. The van der Waals surface area contributed by atoms with Crippen molar-refractivity contribution in [2.45, 2.75) is 45.7 Å². The number of aliphatic carboxylic acids is 1. The number of rotatable bonds is 5. The monoisotopic (exact) mass is 238 g/mol. The van der Waals surface area contributed by atoms with E-state index in [0.29, 0.717) is 0 Å². The van der Waals surface area contributed by atoms with Gasteiger partial charge in [0.2, 0.25) is 0 Å². The standard InChI is InChI=1S/C8H18N2O4S/c1-5-6(7(11)12)9-15(13,14)10-8(2,3)4/h6,9-10H,5H2,1-4H3,(H,11,12)/t6-/m1/s1. The fourth-order valence-corrected chi connectivity index (χ4v) is 2.44. The number of carbonyl (C=O) groups is 1. The molecule has 0 saturated heterocycles. The van der Waals surface area contributed by atoms with Crippen LogP contribution in [0.5, 0.6) is 0 Å². The van der Waals surface area contributed by atoms with Crippen molar-refractivity contribution in [1.82, 2.24) is 9.44 Å². The molecule has 0 aliphatic carbocycles. The highest BCUT2D eigenvalue weighted by Gasteiger charge is 2.25. The lowest BCUT2D eigenvalue weighted by Crippen LogP contribution is -2.51. The van der Waals surface area contributed by atoms with Gasteiger partial charge < -0.3 is 5.11 Å². The number of hydrogen-bond donors (Lipinski definition) is 3. The first-order valence-corrected chi connectivity index (χ1v) is 6.10. The highest BCUT2D eigenvalue weighted by Crippen LogP contribution is 2.02. The van der Waals surface area contributed by atoms with Crippen LogP contribution in [-0.2, 0) is 15.0 Å². The lowest BCUT2D eigenvalue weighted by Gasteiger charge is -2.22. The first-order chi connectivity index (χ1) is 6.57. The third kappa shape index (κ3) is 6.43. The van der Waals surface area contributed by atoms with Gasteiger partial charge in [-0.15, -0.1) is 0 Å². The molecule has 0 fully saturated rings. The summed E-state index contributed by atoms with van der Waals surface area (Å²) in [5.41, 5.74) is -0.636. The summed E-state index contributed by atoms with van der Waals surface area (Å²) in [7, 11) is -3.78. The molecule has 1 atom stereocenters. The minimum Gasteiger partial charge on any atom is -0.480 e. The first-order valence-electron chi connectivity index (χ1n) is 4.61. The average Bonchev–Trinajstić information content (AvgIpc) is 1.94. The molecule has 0 spiro atoms. The molecular weight excluding hydrogens is 220 g/mol. The molecule has 0 amide bonds. The molecule has 0 aliphatic heterocycles. The fourth-order valence-electron chi connectivity index (χ4n) is 0.928. The molecule has 0 aromatic carbocycles. The van der Waals surface area contributed by atoms with Crippen LogP contribution in [0.1, 0.15) is 34.1 Å². The molecule has 0 bridgehead atoms. The number of carboxylic acids is 1. The summed E-state index contributed by atoms with van der Waals surface area (Å²) in [6.45, 7) is 6.62. The molecule has 0 aliphatic rings. The highest BCUT2D eigenvalue weighted by atomic mass is 32.2. The molecule has 0 heterocycles. The van der Waals surface area contributed by atoms with Gasteiger partial charge in [0.15, 0.2) is 0 Å². The topological polar surface area (TPSA) is 95.5 Å². The smallest absolute Gasteiger partial charge is 0.321 e. The number of nitrogens with one attached hydrogen (secondary N) is 2. The van der Waals surface area contributed by atoms with E-state index in [1.165, 1.54) is 0 Å². The predicted molar refractivity (Wildman–Crippen MR) is 56.7 cm³/mol. The van der Waals surface area contributed by atoms with Gasteiger partial charge in [0.1, 0.15) is 6.04 Å². The second-order valence-corrected chi connectivity index (χ2v) is 5.72. The third-order valence-corrected chi connectivity index (χ3v) is 2.92. The molecular formula is C8H18N2O4S. The normalized spacial score (nSPS) is 14.9. The SMILES string of the molecule is CC[C@@H](NS(=O)(=O)NC(C)(C)C)C(=O)O. The van der Waals surface area contributed by atoms with Gasteiger partial charge in [0, 0.05) is 5.54 Å². The van der Waals surface area contributed by atoms with E-state index in [2.05, 4.69) is 9.44 Å². The fraction of sp³-hybridized carbons (Fsp3) is 0.875. The summed E-state index contributed by atoms with van der Waals surface area (Å²) in [4.78, 5) is 10.6. The molecule has 6 nitrogen and oxygen atoms in total. The van der Waals surface area contributed by atoms with Gasteiger partial charge in [-0.3, -0.25) is 4.79 Å². The van der Waals surface area contributed by atoms with E-state index in [0.717, 1.165) is 0 Å². The summed E-state index contributed by atoms with van der Waals surface area (Å²) < 4.78 is 27.2. The highest BCUT2D eigenvalue weighted by molar-refractivity contribution is 7.87. The first kappa shape index (κ1) is 14.3. The zero-order valence-electron chi connectivity index (χ0n) is 9.36. The zero-order valence-corrected chi connectivity index (χ0v) is 10.2. The Hall–Kier alpha value is -0.660. The van der Waals surface area contributed by atoms with E-state index in [-0.39, 0.29) is 6.42 Å². The Balaban J connectivity index is 4.57. The van der Waals surface area contributed by atoms with E-state index in [1.54, 1.807) is 27.7 Å². The van der Waals surface area contributed by atoms with Gasteiger partial charge in [-0.1, -0.05) is 6.92 Å². The Morgan fingerprint density at radius 3 is 2.13 bits per heavy atom. The number of carboxylic acid groups (broad SMARTS) is 1. The maximum Gasteiger partial charge on any atom is 0.321 e. The molecule has 0 aromatic heterocycles. The lowest BCUT2D eigenvalue weighted by molar-refractivity contribution is -0.139. The summed E-state index contributed by atoms with van der Waals surface area (Å²) >= 11 is 0. The van der Waals surface area contributed by atoms with E-state index >= 15 is 0 Å². The Kier molecular flexibility index (Phi) is 4.69. The largest absolute Gasteiger partial charge is 0.480 e. The summed E-state index contributed by atoms with van der Waals surface area (Å²) in [5, 5.41) is 8.68. The van der Waals surface area contributed by atoms with Crippen LogP contribution in [0.15, 0.2) is 0 Å². The molecule has 15 heavy (non-hydrogen) atoms. The molecule has 0 aromatic rings. The zero-order chi connectivity index (χ0) is 12.3. The van der Waals surface area contributed by atoms with Gasteiger partial charge in [0.25, 0.3) is 10.2 Å². The van der Waals surface area contributed by atoms with Crippen molar-refractivity contribution in [3.8, 4) is 0 Å². The van der Waals surface area contributed by atoms with Crippen LogP contribution in [0.25, 0.3) is 0 Å². The minimum atomic E-state index is -3.78. The molecule has 0 rings (SSSR count).